The van der Waals surface area contributed by atoms with Crippen molar-refractivity contribution < 1.29 is 10.2 Å². The van der Waals surface area contributed by atoms with Gasteiger partial charge in [0, 0.05) is 31.0 Å². The Morgan fingerprint density at radius 1 is 1.22 bits per heavy atom. The lowest BCUT2D eigenvalue weighted by atomic mass is 10.1. The third-order valence-corrected chi connectivity index (χ3v) is 3.22. The predicted molar refractivity (Wildman–Crippen MR) is 68.1 cm³/mol. The molecule has 2 atom stereocenters. The number of hydrogen-bond acceptors (Lipinski definition) is 6. The van der Waals surface area contributed by atoms with Crippen LogP contribution >= 0.6 is 0 Å². The summed E-state index contributed by atoms with van der Waals surface area (Å²) in [6.45, 7) is 2.31. The molecule has 1 aliphatic heterocycles. The van der Waals surface area contributed by atoms with Crippen molar-refractivity contribution in [1.82, 2.24) is 9.97 Å². The molecular weight excluding hydrogens is 232 g/mol. The van der Waals surface area contributed by atoms with Crippen LogP contribution in [-0.4, -0.2) is 45.9 Å². The van der Waals surface area contributed by atoms with Crippen LogP contribution in [0.2, 0.25) is 0 Å². The first-order valence-corrected chi connectivity index (χ1v) is 6.35. The monoisotopic (exact) mass is 252 g/mol. The SMILES string of the molecule is NCCC(O)C(O)c1cnc(N2CCCC2)nc1. The van der Waals surface area contributed by atoms with E-state index in [9.17, 15) is 10.2 Å². The number of nitrogens with two attached hydrogens (primary N) is 1. The number of aliphatic hydroxyl groups excluding tert-OH is 2. The third-order valence-electron chi connectivity index (χ3n) is 3.22. The van der Waals surface area contributed by atoms with Crippen molar-refractivity contribution >= 4 is 5.95 Å². The normalized spacial score (nSPS) is 18.9. The molecule has 2 unspecified atom stereocenters. The molecule has 1 aliphatic rings. The van der Waals surface area contributed by atoms with Crippen molar-refractivity contribution in [2.75, 3.05) is 24.5 Å². The van der Waals surface area contributed by atoms with E-state index in [2.05, 4.69) is 14.9 Å². The van der Waals surface area contributed by atoms with E-state index in [1.807, 2.05) is 0 Å². The van der Waals surface area contributed by atoms with Crippen LogP contribution in [0.3, 0.4) is 0 Å². The standard InChI is InChI=1S/C12H20N4O2/c13-4-3-10(17)11(18)9-7-14-12(15-8-9)16-5-1-2-6-16/h7-8,10-11,17-18H,1-6,13H2. The van der Waals surface area contributed by atoms with Gasteiger partial charge in [-0.25, -0.2) is 9.97 Å². The summed E-state index contributed by atoms with van der Waals surface area (Å²) in [4.78, 5) is 10.6. The van der Waals surface area contributed by atoms with Crippen molar-refractivity contribution in [1.29, 1.82) is 0 Å². The van der Waals surface area contributed by atoms with E-state index < -0.39 is 12.2 Å². The van der Waals surface area contributed by atoms with Gasteiger partial charge in [0.1, 0.15) is 6.10 Å². The van der Waals surface area contributed by atoms with E-state index in [1.165, 1.54) is 12.8 Å². The largest absolute Gasteiger partial charge is 0.390 e. The minimum atomic E-state index is -0.971. The summed E-state index contributed by atoms with van der Waals surface area (Å²) < 4.78 is 0. The predicted octanol–water partition coefficient (Wildman–Crippen LogP) is -0.180. The van der Waals surface area contributed by atoms with E-state index in [1.54, 1.807) is 12.4 Å². The zero-order valence-electron chi connectivity index (χ0n) is 10.4. The summed E-state index contributed by atoms with van der Waals surface area (Å²) in [5, 5.41) is 19.5. The van der Waals surface area contributed by atoms with Crippen molar-refractivity contribution in [2.24, 2.45) is 5.73 Å². The van der Waals surface area contributed by atoms with Gasteiger partial charge in [0.25, 0.3) is 0 Å². The maximum absolute atomic E-state index is 9.88. The molecule has 1 aromatic rings. The van der Waals surface area contributed by atoms with Crippen LogP contribution in [0, 0.1) is 0 Å². The molecule has 0 saturated carbocycles. The summed E-state index contributed by atoms with van der Waals surface area (Å²) >= 11 is 0. The molecule has 18 heavy (non-hydrogen) atoms. The highest BCUT2D eigenvalue weighted by Gasteiger charge is 2.20. The Morgan fingerprint density at radius 3 is 2.39 bits per heavy atom. The van der Waals surface area contributed by atoms with E-state index in [4.69, 9.17) is 5.73 Å². The van der Waals surface area contributed by atoms with Crippen LogP contribution in [0.25, 0.3) is 0 Å². The summed E-state index contributed by atoms with van der Waals surface area (Å²) in [5.74, 6) is 0.691. The highest BCUT2D eigenvalue weighted by atomic mass is 16.3. The molecule has 0 radical (unpaired) electrons. The van der Waals surface area contributed by atoms with Gasteiger partial charge in [-0.2, -0.15) is 0 Å². The molecule has 0 aromatic carbocycles. The van der Waals surface area contributed by atoms with Gasteiger partial charge in [0.2, 0.25) is 5.95 Å². The fourth-order valence-electron chi connectivity index (χ4n) is 2.12. The first-order valence-electron chi connectivity index (χ1n) is 6.35. The highest BCUT2D eigenvalue weighted by molar-refractivity contribution is 5.31. The maximum atomic E-state index is 9.88. The van der Waals surface area contributed by atoms with Crippen LogP contribution in [0.15, 0.2) is 12.4 Å². The number of hydrogen-bond donors (Lipinski definition) is 3. The maximum Gasteiger partial charge on any atom is 0.225 e. The van der Waals surface area contributed by atoms with Gasteiger partial charge in [-0.15, -0.1) is 0 Å². The summed E-state index contributed by atoms with van der Waals surface area (Å²) in [6, 6.07) is 0. The summed E-state index contributed by atoms with van der Waals surface area (Å²) in [5.41, 5.74) is 5.87. The summed E-state index contributed by atoms with van der Waals surface area (Å²) in [6.07, 6.45) is 4.01. The average molecular weight is 252 g/mol. The number of aliphatic hydroxyl groups is 2. The molecule has 0 spiro atoms. The highest BCUT2D eigenvalue weighted by Crippen LogP contribution is 2.20. The second kappa shape index (κ2) is 6.08. The van der Waals surface area contributed by atoms with Crippen molar-refractivity contribution in [2.45, 2.75) is 31.5 Å². The molecular formula is C12H20N4O2. The molecule has 1 saturated heterocycles. The minimum absolute atomic E-state index is 0.338. The Labute approximate surface area is 106 Å². The molecule has 1 aromatic heterocycles. The van der Waals surface area contributed by atoms with Crippen LogP contribution in [-0.2, 0) is 0 Å². The van der Waals surface area contributed by atoms with Gasteiger partial charge in [0.15, 0.2) is 0 Å². The van der Waals surface area contributed by atoms with Crippen LogP contribution in [0.4, 0.5) is 5.95 Å². The number of anilines is 1. The van der Waals surface area contributed by atoms with Gasteiger partial charge < -0.3 is 20.8 Å². The molecule has 100 valence electrons. The lowest BCUT2D eigenvalue weighted by Gasteiger charge is -2.18. The zero-order valence-corrected chi connectivity index (χ0v) is 10.4. The second-order valence-electron chi connectivity index (χ2n) is 4.60. The van der Waals surface area contributed by atoms with E-state index in [0.717, 1.165) is 13.1 Å². The van der Waals surface area contributed by atoms with Gasteiger partial charge in [0.05, 0.1) is 6.10 Å². The minimum Gasteiger partial charge on any atom is -0.390 e. The molecule has 2 rings (SSSR count). The smallest absolute Gasteiger partial charge is 0.225 e. The Morgan fingerprint density at radius 2 is 1.83 bits per heavy atom. The average Bonchev–Trinajstić information content (AvgIpc) is 2.92. The van der Waals surface area contributed by atoms with Crippen LogP contribution in [0.5, 0.6) is 0 Å². The van der Waals surface area contributed by atoms with Crippen LogP contribution in [0.1, 0.15) is 30.9 Å². The Bertz CT molecular complexity index is 365. The van der Waals surface area contributed by atoms with Crippen molar-refractivity contribution in [3.8, 4) is 0 Å². The lowest BCUT2D eigenvalue weighted by Crippen LogP contribution is -2.23. The molecule has 0 aliphatic carbocycles. The Hall–Kier alpha value is -1.24. The van der Waals surface area contributed by atoms with Gasteiger partial charge in [-0.3, -0.25) is 0 Å². The van der Waals surface area contributed by atoms with E-state index in [-0.39, 0.29) is 0 Å². The molecule has 4 N–H and O–H groups in total. The molecule has 6 heteroatoms. The molecule has 0 amide bonds. The number of nitrogens with zero attached hydrogens (tertiary/aromatic N) is 3. The zero-order chi connectivity index (χ0) is 13.0. The fourth-order valence-corrected chi connectivity index (χ4v) is 2.12. The van der Waals surface area contributed by atoms with Gasteiger partial charge >= 0.3 is 0 Å². The summed E-state index contributed by atoms with van der Waals surface area (Å²) in [7, 11) is 0. The molecule has 1 fully saturated rings. The Balaban J connectivity index is 2.02. The fraction of sp³-hybridized carbons (Fsp3) is 0.667. The quantitative estimate of drug-likeness (QED) is 0.673. The Kier molecular flexibility index (Phi) is 4.46. The first-order chi connectivity index (χ1) is 8.72. The molecule has 0 bridgehead atoms. The second-order valence-corrected chi connectivity index (χ2v) is 4.60. The van der Waals surface area contributed by atoms with Gasteiger partial charge in [-0.1, -0.05) is 0 Å². The topological polar surface area (TPSA) is 95.5 Å². The molecule has 6 nitrogen and oxygen atoms in total. The van der Waals surface area contributed by atoms with Crippen molar-refractivity contribution in [3.05, 3.63) is 18.0 Å². The third kappa shape index (κ3) is 2.95. The van der Waals surface area contributed by atoms with Crippen LogP contribution < -0.4 is 10.6 Å². The molecule has 2 heterocycles. The van der Waals surface area contributed by atoms with Crippen molar-refractivity contribution in [3.63, 3.8) is 0 Å². The first kappa shape index (κ1) is 13.2. The van der Waals surface area contributed by atoms with Gasteiger partial charge in [-0.05, 0) is 25.8 Å². The lowest BCUT2D eigenvalue weighted by molar-refractivity contribution is 0.0146. The van der Waals surface area contributed by atoms with E-state index >= 15 is 0 Å². The van der Waals surface area contributed by atoms with E-state index in [0.29, 0.717) is 24.5 Å². The number of rotatable bonds is 5. The number of aromatic nitrogens is 2.